The second kappa shape index (κ2) is 5.23. The Morgan fingerprint density at radius 3 is 3.26 bits per heavy atom. The number of aryl methyl sites for hydroxylation is 1. The van der Waals surface area contributed by atoms with E-state index in [-0.39, 0.29) is 5.60 Å². The monoisotopic (exact) mass is 265 g/mol. The molecule has 1 aromatic rings. The molecule has 1 aliphatic carbocycles. The van der Waals surface area contributed by atoms with Crippen molar-refractivity contribution in [2.24, 2.45) is 7.05 Å². The van der Waals surface area contributed by atoms with Crippen molar-refractivity contribution in [2.75, 3.05) is 26.9 Å². The highest BCUT2D eigenvalue weighted by atomic mass is 16.5. The number of nitrogens with one attached hydrogen (secondary N) is 1. The van der Waals surface area contributed by atoms with Crippen LogP contribution in [-0.4, -0.2) is 42.2 Å². The van der Waals surface area contributed by atoms with E-state index in [1.807, 2.05) is 17.9 Å². The van der Waals surface area contributed by atoms with Crippen LogP contribution in [0.4, 0.5) is 0 Å². The molecule has 2 atom stereocenters. The Kier molecular flexibility index (Phi) is 3.60. The molecular formula is C14H23N3O2. The molecular weight excluding hydrogens is 242 g/mol. The molecule has 5 nitrogen and oxygen atoms in total. The lowest BCUT2D eigenvalue weighted by Crippen LogP contribution is -2.44. The maximum atomic E-state index is 5.67. The maximum Gasteiger partial charge on any atom is 0.106 e. The number of methoxy groups -OCH3 is 1. The molecule has 0 bridgehead atoms. The van der Waals surface area contributed by atoms with E-state index in [4.69, 9.17) is 9.47 Å². The fourth-order valence-corrected chi connectivity index (χ4v) is 3.19. The Labute approximate surface area is 114 Å². The van der Waals surface area contributed by atoms with Gasteiger partial charge in [0, 0.05) is 51.0 Å². The Morgan fingerprint density at radius 1 is 1.63 bits per heavy atom. The molecule has 0 aromatic carbocycles. The molecule has 2 aliphatic rings. The average molecular weight is 265 g/mol. The molecule has 2 heterocycles. The van der Waals surface area contributed by atoms with Gasteiger partial charge in [-0.25, -0.2) is 0 Å². The lowest BCUT2D eigenvalue weighted by atomic mass is 9.92. The van der Waals surface area contributed by atoms with Crippen molar-refractivity contribution in [3.05, 3.63) is 17.5 Å². The molecule has 1 aromatic heterocycles. The highest BCUT2D eigenvalue weighted by Crippen LogP contribution is 2.30. The summed E-state index contributed by atoms with van der Waals surface area (Å²) in [5.41, 5.74) is 2.59. The van der Waals surface area contributed by atoms with E-state index < -0.39 is 0 Å². The number of ether oxygens (including phenoxy) is 2. The Hall–Kier alpha value is -0.910. The van der Waals surface area contributed by atoms with Gasteiger partial charge < -0.3 is 14.8 Å². The minimum absolute atomic E-state index is 0.139. The third-order valence-corrected chi connectivity index (χ3v) is 4.55. The van der Waals surface area contributed by atoms with Gasteiger partial charge in [-0.1, -0.05) is 0 Å². The summed E-state index contributed by atoms with van der Waals surface area (Å²) in [5, 5.41) is 8.05. The Bertz CT molecular complexity index is 438. The normalized spacial score (nSPS) is 30.5. The van der Waals surface area contributed by atoms with Gasteiger partial charge in [0.2, 0.25) is 0 Å². The van der Waals surface area contributed by atoms with E-state index in [9.17, 15) is 0 Å². The summed E-state index contributed by atoms with van der Waals surface area (Å²) in [6, 6.07) is 0.407. The second-order valence-corrected chi connectivity index (χ2v) is 5.69. The average Bonchev–Trinajstić information content (AvgIpc) is 3.05. The van der Waals surface area contributed by atoms with Gasteiger partial charge in [0.15, 0.2) is 0 Å². The van der Waals surface area contributed by atoms with Crippen LogP contribution in [-0.2, 0) is 22.9 Å². The van der Waals surface area contributed by atoms with Crippen molar-refractivity contribution < 1.29 is 9.47 Å². The highest BCUT2D eigenvalue weighted by molar-refractivity contribution is 5.24. The first kappa shape index (κ1) is 13.1. The van der Waals surface area contributed by atoms with Gasteiger partial charge in [-0.05, 0) is 19.3 Å². The summed E-state index contributed by atoms with van der Waals surface area (Å²) < 4.78 is 13.2. The van der Waals surface area contributed by atoms with Crippen molar-refractivity contribution in [2.45, 2.75) is 37.3 Å². The molecule has 2 unspecified atom stereocenters. The van der Waals surface area contributed by atoms with Crippen molar-refractivity contribution in [1.29, 1.82) is 0 Å². The van der Waals surface area contributed by atoms with E-state index >= 15 is 0 Å². The van der Waals surface area contributed by atoms with Crippen LogP contribution in [0.1, 0.15) is 36.6 Å². The molecule has 0 amide bonds. The summed E-state index contributed by atoms with van der Waals surface area (Å²) in [4.78, 5) is 0. The lowest BCUT2D eigenvalue weighted by Gasteiger charge is -2.30. The number of fused-ring (bicyclic) bond motifs is 1. The Morgan fingerprint density at radius 2 is 2.53 bits per heavy atom. The highest BCUT2D eigenvalue weighted by Gasteiger charge is 2.36. The summed E-state index contributed by atoms with van der Waals surface area (Å²) in [7, 11) is 3.81. The standard InChI is InChI=1S/C14H23N3O2/c1-17-13-5-3-4-12(11(13)8-16-17)15-9-14(18-2)6-7-19-10-14/h8,12,15H,3-7,9-10H2,1-2H3. The zero-order valence-corrected chi connectivity index (χ0v) is 11.8. The molecule has 1 aliphatic heterocycles. The van der Waals surface area contributed by atoms with Crippen LogP contribution in [0.3, 0.4) is 0 Å². The SMILES string of the molecule is COC1(CNC2CCCc3c2cnn3C)CCOC1. The van der Waals surface area contributed by atoms with Gasteiger partial charge in [-0.2, -0.15) is 5.10 Å². The van der Waals surface area contributed by atoms with Gasteiger partial charge in [0.05, 0.1) is 12.8 Å². The van der Waals surface area contributed by atoms with E-state index in [1.165, 1.54) is 24.1 Å². The lowest BCUT2D eigenvalue weighted by molar-refractivity contribution is -0.0178. The predicted octanol–water partition coefficient (Wildman–Crippen LogP) is 1.19. The van der Waals surface area contributed by atoms with E-state index in [1.54, 1.807) is 7.11 Å². The topological polar surface area (TPSA) is 48.3 Å². The van der Waals surface area contributed by atoms with Crippen LogP contribution >= 0.6 is 0 Å². The molecule has 5 heteroatoms. The molecule has 3 rings (SSSR count). The quantitative estimate of drug-likeness (QED) is 0.888. The molecule has 0 saturated carbocycles. The van der Waals surface area contributed by atoms with Crippen LogP contribution < -0.4 is 5.32 Å². The third kappa shape index (κ3) is 2.42. The maximum absolute atomic E-state index is 5.67. The summed E-state index contributed by atoms with van der Waals surface area (Å²) in [6.07, 6.45) is 6.53. The number of nitrogens with zero attached hydrogens (tertiary/aromatic N) is 2. The minimum atomic E-state index is -0.139. The zero-order valence-electron chi connectivity index (χ0n) is 11.8. The van der Waals surface area contributed by atoms with Gasteiger partial charge in [0.25, 0.3) is 0 Å². The number of aromatic nitrogens is 2. The molecule has 0 radical (unpaired) electrons. The van der Waals surface area contributed by atoms with Gasteiger partial charge >= 0.3 is 0 Å². The first-order chi connectivity index (χ1) is 9.24. The van der Waals surface area contributed by atoms with Crippen molar-refractivity contribution in [3.8, 4) is 0 Å². The van der Waals surface area contributed by atoms with Crippen LogP contribution in [0.25, 0.3) is 0 Å². The number of hydrogen-bond donors (Lipinski definition) is 1. The summed E-state index contributed by atoms with van der Waals surface area (Å²) in [5.74, 6) is 0. The molecule has 19 heavy (non-hydrogen) atoms. The largest absolute Gasteiger partial charge is 0.378 e. The molecule has 1 saturated heterocycles. The zero-order chi connectivity index (χ0) is 13.3. The van der Waals surface area contributed by atoms with Crippen molar-refractivity contribution in [1.82, 2.24) is 15.1 Å². The van der Waals surface area contributed by atoms with Gasteiger partial charge in [-0.3, -0.25) is 4.68 Å². The molecule has 0 spiro atoms. The van der Waals surface area contributed by atoms with E-state index in [0.717, 1.165) is 26.0 Å². The summed E-state index contributed by atoms with van der Waals surface area (Å²) in [6.45, 7) is 2.35. The van der Waals surface area contributed by atoms with Crippen LogP contribution in [0.15, 0.2) is 6.20 Å². The first-order valence-electron chi connectivity index (χ1n) is 7.11. The van der Waals surface area contributed by atoms with Gasteiger partial charge in [-0.15, -0.1) is 0 Å². The number of hydrogen-bond acceptors (Lipinski definition) is 4. The van der Waals surface area contributed by atoms with Crippen LogP contribution in [0.5, 0.6) is 0 Å². The minimum Gasteiger partial charge on any atom is -0.378 e. The number of rotatable bonds is 4. The van der Waals surface area contributed by atoms with Gasteiger partial charge in [0.1, 0.15) is 5.60 Å². The smallest absolute Gasteiger partial charge is 0.106 e. The molecule has 1 fully saturated rings. The van der Waals surface area contributed by atoms with Crippen LogP contribution in [0, 0.1) is 0 Å². The first-order valence-corrected chi connectivity index (χ1v) is 7.11. The molecule has 1 N–H and O–H groups in total. The van der Waals surface area contributed by atoms with Crippen LogP contribution in [0.2, 0.25) is 0 Å². The summed E-state index contributed by atoms with van der Waals surface area (Å²) >= 11 is 0. The van der Waals surface area contributed by atoms with E-state index in [2.05, 4.69) is 10.4 Å². The second-order valence-electron chi connectivity index (χ2n) is 5.69. The molecule has 106 valence electrons. The Balaban J connectivity index is 1.68. The van der Waals surface area contributed by atoms with E-state index in [0.29, 0.717) is 12.6 Å². The predicted molar refractivity (Wildman–Crippen MR) is 72.1 cm³/mol. The van der Waals surface area contributed by atoms with Crippen molar-refractivity contribution >= 4 is 0 Å². The fraction of sp³-hybridized carbons (Fsp3) is 0.786. The fourth-order valence-electron chi connectivity index (χ4n) is 3.19. The van der Waals surface area contributed by atoms with Crippen molar-refractivity contribution in [3.63, 3.8) is 0 Å². The third-order valence-electron chi connectivity index (χ3n) is 4.55.